The molecule has 0 spiro atoms. The van der Waals surface area contributed by atoms with Gasteiger partial charge in [-0.05, 0) is 127 Å². The van der Waals surface area contributed by atoms with Crippen LogP contribution >= 0.6 is 0 Å². The molecule has 6 aliphatic rings. The van der Waals surface area contributed by atoms with E-state index in [1.54, 1.807) is 0 Å². The van der Waals surface area contributed by atoms with Crippen molar-refractivity contribution < 1.29 is 6.16 Å². The smallest absolute Gasteiger partial charge is 0.0663 e. The van der Waals surface area contributed by atoms with Crippen LogP contribution in [0.4, 0.5) is 0 Å². The number of rotatable bonds is 1. The van der Waals surface area contributed by atoms with Gasteiger partial charge in [-0.2, -0.15) is 0 Å². The lowest BCUT2D eigenvalue weighted by atomic mass is 9.31. The van der Waals surface area contributed by atoms with E-state index in [9.17, 15) is 0 Å². The highest BCUT2D eigenvalue weighted by Crippen LogP contribution is 2.78. The van der Waals surface area contributed by atoms with Crippen LogP contribution in [-0.4, -0.2) is 25.8 Å². The fourth-order valence-corrected chi connectivity index (χ4v) is 12.5. The number of nitrogens with one attached hydrogen (secondary N) is 1. The Labute approximate surface area is 206 Å². The van der Waals surface area contributed by atoms with Crippen LogP contribution in [0.5, 0.6) is 0 Å². The van der Waals surface area contributed by atoms with Crippen molar-refractivity contribution in [1.82, 2.24) is 5.32 Å². The summed E-state index contributed by atoms with van der Waals surface area (Å²) in [6, 6.07) is 0.679. The summed E-state index contributed by atoms with van der Waals surface area (Å²) in [5, 5.41) is 3.72. The molecule has 0 radical (unpaired) electrons. The molecule has 5 saturated carbocycles. The molecular formula is C31H55NO. The molecule has 1 heterocycles. The average molecular weight is 458 g/mol. The molecule has 6 rings (SSSR count). The third-order valence-corrected chi connectivity index (χ3v) is 14.5. The van der Waals surface area contributed by atoms with Crippen molar-refractivity contribution in [3.05, 3.63) is 0 Å². The van der Waals surface area contributed by atoms with Crippen molar-refractivity contribution in [3.63, 3.8) is 0 Å². The summed E-state index contributed by atoms with van der Waals surface area (Å²) < 4.78 is 6.74. The van der Waals surface area contributed by atoms with Gasteiger partial charge >= 0.3 is 0 Å². The van der Waals surface area contributed by atoms with Gasteiger partial charge in [0.2, 0.25) is 0 Å². The third kappa shape index (κ3) is 2.65. The zero-order valence-electron chi connectivity index (χ0n) is 23.2. The molecule has 0 amide bonds. The largest absolute Gasteiger partial charge is 0.377 e. The molecule has 1 N–H and O–H groups in total. The van der Waals surface area contributed by atoms with Crippen LogP contribution in [0.1, 0.15) is 114 Å². The van der Waals surface area contributed by atoms with Gasteiger partial charge in [0.25, 0.3) is 0 Å². The van der Waals surface area contributed by atoms with Crippen molar-refractivity contribution in [2.75, 3.05) is 13.7 Å². The predicted octanol–water partition coefficient (Wildman–Crippen LogP) is 7.71. The highest BCUT2D eigenvalue weighted by atomic mass is 16.5. The van der Waals surface area contributed by atoms with Crippen molar-refractivity contribution in [3.8, 4) is 0 Å². The van der Waals surface area contributed by atoms with Crippen LogP contribution < -0.4 is 5.32 Å². The summed E-state index contributed by atoms with van der Waals surface area (Å²) in [7, 11) is 2.20. The number of ether oxygens (including phenoxy) is 1. The Morgan fingerprint density at radius 1 is 0.727 bits per heavy atom. The summed E-state index contributed by atoms with van der Waals surface area (Å²) in [5.74, 6) is 3.45. The van der Waals surface area contributed by atoms with Gasteiger partial charge in [0, 0.05) is 7.47 Å². The molecule has 4 unspecified atom stereocenters. The van der Waals surface area contributed by atoms with Crippen molar-refractivity contribution in [2.45, 2.75) is 125 Å². The summed E-state index contributed by atoms with van der Waals surface area (Å²) in [5.41, 5.74) is 2.77. The zero-order chi connectivity index (χ0) is 23.7. The molecule has 2 bridgehead atoms. The van der Waals surface area contributed by atoms with E-state index in [0.717, 1.165) is 30.3 Å². The summed E-state index contributed by atoms with van der Waals surface area (Å²) in [4.78, 5) is 0. The van der Waals surface area contributed by atoms with E-state index in [1.165, 1.54) is 64.2 Å². The van der Waals surface area contributed by atoms with Crippen LogP contribution in [0.15, 0.2) is 0 Å². The first-order valence-electron chi connectivity index (χ1n) is 14.6. The topological polar surface area (TPSA) is 21.3 Å². The molecular weight excluding hydrogens is 402 g/mol. The Morgan fingerprint density at radius 3 is 2.18 bits per heavy atom. The van der Waals surface area contributed by atoms with E-state index < -0.39 is 0 Å². The number of hydrogen-bond acceptors (Lipinski definition) is 2. The number of hydrogen-bond donors (Lipinski definition) is 1. The van der Waals surface area contributed by atoms with E-state index in [0.29, 0.717) is 44.6 Å². The summed E-state index contributed by atoms with van der Waals surface area (Å²) in [6.07, 6.45) is 14.8. The van der Waals surface area contributed by atoms with Crippen molar-refractivity contribution >= 4 is 0 Å². The minimum atomic E-state index is 0. The Bertz CT molecular complexity index is 824. The van der Waals surface area contributed by atoms with Gasteiger partial charge in [0.1, 0.15) is 0 Å². The van der Waals surface area contributed by atoms with Gasteiger partial charge in [0.15, 0.2) is 0 Å². The molecule has 2 heteroatoms. The quantitative estimate of drug-likeness (QED) is 0.435. The monoisotopic (exact) mass is 457 g/mol. The van der Waals surface area contributed by atoms with Gasteiger partial charge in [-0.25, -0.2) is 0 Å². The molecule has 190 valence electrons. The Hall–Kier alpha value is -0.0800. The first kappa shape index (κ1) is 23.3. The standard InChI is InChI=1S/C31H53NO.H2/c1-26(2)15-17-31-18-16-29(6)20(24(31)25(26)33-19-31)9-10-22-28(5)13-12-23(32-8)27(3,4)21(28)11-14-30(22,29)7;/h20-25,32H,9-19H2,1-8H3;1H/t20?,21?,22?,23-,24?,25+,28-,29+,30+,31+;/m0./s1. The van der Waals surface area contributed by atoms with Crippen LogP contribution in [-0.2, 0) is 4.74 Å². The molecule has 1 aliphatic heterocycles. The number of fused-ring (bicyclic) bond motifs is 5. The van der Waals surface area contributed by atoms with Crippen LogP contribution in [0.25, 0.3) is 0 Å². The lowest BCUT2D eigenvalue weighted by Crippen LogP contribution is -2.68. The Kier molecular flexibility index (Phi) is 4.82. The molecule has 33 heavy (non-hydrogen) atoms. The van der Waals surface area contributed by atoms with E-state index in [1.807, 2.05) is 0 Å². The van der Waals surface area contributed by atoms with Gasteiger partial charge < -0.3 is 10.1 Å². The fraction of sp³-hybridized carbons (Fsp3) is 1.00. The molecule has 5 aliphatic carbocycles. The van der Waals surface area contributed by atoms with E-state index in [-0.39, 0.29) is 1.43 Å². The molecule has 10 atom stereocenters. The highest BCUT2D eigenvalue weighted by Gasteiger charge is 2.72. The average Bonchev–Trinajstić information content (AvgIpc) is 3.07. The lowest BCUT2D eigenvalue weighted by molar-refractivity contribution is -0.244. The van der Waals surface area contributed by atoms with Crippen LogP contribution in [0.2, 0.25) is 0 Å². The zero-order valence-corrected chi connectivity index (χ0v) is 23.2. The Balaban J connectivity index is 0.00000241. The van der Waals surface area contributed by atoms with Gasteiger partial charge in [-0.15, -0.1) is 0 Å². The normalized spacial score (nSPS) is 58.5. The molecule has 6 fully saturated rings. The lowest BCUT2D eigenvalue weighted by Gasteiger charge is -2.73. The van der Waals surface area contributed by atoms with Crippen LogP contribution in [0.3, 0.4) is 0 Å². The van der Waals surface area contributed by atoms with E-state index >= 15 is 0 Å². The van der Waals surface area contributed by atoms with Crippen molar-refractivity contribution in [1.29, 1.82) is 0 Å². The second kappa shape index (κ2) is 6.81. The maximum absolute atomic E-state index is 6.74. The fourth-order valence-electron chi connectivity index (χ4n) is 12.5. The van der Waals surface area contributed by atoms with E-state index in [2.05, 4.69) is 60.8 Å². The minimum absolute atomic E-state index is 0. The summed E-state index contributed by atoms with van der Waals surface area (Å²) >= 11 is 0. The maximum atomic E-state index is 6.74. The Morgan fingerprint density at radius 2 is 1.45 bits per heavy atom. The first-order valence-corrected chi connectivity index (χ1v) is 14.6. The predicted molar refractivity (Wildman–Crippen MR) is 139 cm³/mol. The molecule has 0 aromatic carbocycles. The maximum Gasteiger partial charge on any atom is 0.0663 e. The van der Waals surface area contributed by atoms with Gasteiger partial charge in [0.05, 0.1) is 12.7 Å². The molecule has 2 nitrogen and oxygen atoms in total. The molecule has 1 saturated heterocycles. The summed E-state index contributed by atoms with van der Waals surface area (Å²) in [6.45, 7) is 19.6. The first-order chi connectivity index (χ1) is 15.4. The van der Waals surface area contributed by atoms with E-state index in [4.69, 9.17) is 4.74 Å². The van der Waals surface area contributed by atoms with Gasteiger partial charge in [-0.1, -0.05) is 48.5 Å². The second-order valence-corrected chi connectivity index (χ2v) is 16.0. The van der Waals surface area contributed by atoms with Crippen molar-refractivity contribution in [2.24, 2.45) is 56.2 Å². The second-order valence-electron chi connectivity index (χ2n) is 16.0. The highest BCUT2D eigenvalue weighted by molar-refractivity contribution is 5.21. The third-order valence-electron chi connectivity index (χ3n) is 14.5. The molecule has 0 aromatic rings. The SMILES string of the molecule is CN[C@H]1CC[C@@]2(C)C(CC[C@]3(C)C2CCC2C4[C@H]5OC[C@@]4(CCC5(C)C)CC[C@]23C)C1(C)C.[HH]. The molecule has 0 aromatic heterocycles. The minimum Gasteiger partial charge on any atom is -0.377 e. The van der Waals surface area contributed by atoms with Crippen LogP contribution in [0, 0.1) is 56.2 Å². The van der Waals surface area contributed by atoms with Gasteiger partial charge in [-0.3, -0.25) is 0 Å².